The Morgan fingerprint density at radius 2 is 1.10 bits per heavy atom. The van der Waals surface area contributed by atoms with Crippen LogP contribution >= 0.6 is 0 Å². The summed E-state index contributed by atoms with van der Waals surface area (Å²) in [4.78, 5) is 0. The van der Waals surface area contributed by atoms with Crippen molar-refractivity contribution in [1.29, 1.82) is 0 Å². The van der Waals surface area contributed by atoms with Crippen molar-refractivity contribution in [3.05, 3.63) is 113 Å². The molecule has 3 atom stereocenters. The first-order chi connectivity index (χ1) is 15.3. The van der Waals surface area contributed by atoms with E-state index in [1.165, 1.54) is 0 Å². The van der Waals surface area contributed by atoms with E-state index in [0.717, 1.165) is 21.4 Å². The van der Waals surface area contributed by atoms with E-state index >= 15 is 0 Å². The molecule has 0 radical (unpaired) electrons. The number of hydroxylamine groups is 1. The summed E-state index contributed by atoms with van der Waals surface area (Å²) >= 11 is 0. The lowest BCUT2D eigenvalue weighted by Gasteiger charge is -2.33. The van der Waals surface area contributed by atoms with Gasteiger partial charge in [-0.05, 0) is 16.7 Å². The zero-order valence-electron chi connectivity index (χ0n) is 17.4. The minimum atomic E-state index is -0.504. The minimum Gasteiger partial charge on any atom is -0.624 e. The first-order valence-electron chi connectivity index (χ1n) is 10.5. The number of rotatable bonds is 9. The predicted molar refractivity (Wildman–Crippen MR) is 120 cm³/mol. The molecule has 0 aromatic heterocycles. The summed E-state index contributed by atoms with van der Waals surface area (Å²) in [5.74, 6) is 0. The molecule has 31 heavy (non-hydrogen) atoms. The highest BCUT2D eigenvalue weighted by atomic mass is 16.6. The van der Waals surface area contributed by atoms with Crippen LogP contribution in [0.25, 0.3) is 0 Å². The van der Waals surface area contributed by atoms with Gasteiger partial charge in [0.05, 0.1) is 19.8 Å². The van der Waals surface area contributed by atoms with Crippen LogP contribution in [-0.4, -0.2) is 35.8 Å². The topological polar surface area (TPSA) is 53.8 Å². The fourth-order valence-electron chi connectivity index (χ4n) is 3.60. The monoisotopic (exact) mass is 417 g/mol. The second-order valence-electron chi connectivity index (χ2n) is 7.61. The Balaban J connectivity index is 1.47. The molecule has 0 saturated heterocycles. The summed E-state index contributed by atoms with van der Waals surface area (Å²) in [5.41, 5.74) is 3.16. The molecule has 1 heterocycles. The smallest absolute Gasteiger partial charge is 0.182 e. The molecule has 0 fully saturated rings. The lowest BCUT2D eigenvalue weighted by atomic mass is 10.0. The molecule has 1 aliphatic heterocycles. The Bertz CT molecular complexity index is 947. The van der Waals surface area contributed by atoms with Gasteiger partial charge in [0.15, 0.2) is 18.9 Å². The highest BCUT2D eigenvalue weighted by Gasteiger charge is 2.39. The van der Waals surface area contributed by atoms with Crippen molar-refractivity contribution in [3.63, 3.8) is 0 Å². The third-order valence-corrected chi connectivity index (χ3v) is 5.24. The van der Waals surface area contributed by atoms with Crippen molar-refractivity contribution >= 4 is 6.21 Å². The van der Waals surface area contributed by atoms with Crippen molar-refractivity contribution in [2.24, 2.45) is 0 Å². The second kappa shape index (κ2) is 10.9. The van der Waals surface area contributed by atoms with Gasteiger partial charge in [-0.2, -0.15) is 0 Å². The van der Waals surface area contributed by atoms with Crippen molar-refractivity contribution in [2.75, 3.05) is 6.54 Å². The average Bonchev–Trinajstić information content (AvgIpc) is 2.82. The molecule has 1 aliphatic rings. The number of hydrogen-bond donors (Lipinski definition) is 0. The number of benzene rings is 3. The van der Waals surface area contributed by atoms with E-state index in [1.54, 1.807) is 6.21 Å². The molecule has 0 N–H and O–H groups in total. The van der Waals surface area contributed by atoms with Gasteiger partial charge in [-0.25, -0.2) is 4.74 Å². The molecule has 0 aliphatic carbocycles. The van der Waals surface area contributed by atoms with E-state index in [-0.39, 0.29) is 6.54 Å². The molecule has 0 spiro atoms. The first-order valence-corrected chi connectivity index (χ1v) is 10.5. The Morgan fingerprint density at radius 3 is 1.61 bits per heavy atom. The average molecular weight is 418 g/mol. The van der Waals surface area contributed by atoms with E-state index < -0.39 is 18.3 Å². The van der Waals surface area contributed by atoms with Crippen LogP contribution in [0.5, 0.6) is 0 Å². The van der Waals surface area contributed by atoms with Crippen LogP contribution in [0.3, 0.4) is 0 Å². The van der Waals surface area contributed by atoms with Crippen LogP contribution in [0, 0.1) is 5.21 Å². The van der Waals surface area contributed by atoms with Crippen LogP contribution in [-0.2, 0) is 34.0 Å². The van der Waals surface area contributed by atoms with Crippen LogP contribution in [0.1, 0.15) is 16.7 Å². The van der Waals surface area contributed by atoms with E-state index in [9.17, 15) is 5.21 Å². The summed E-state index contributed by atoms with van der Waals surface area (Å²) in [7, 11) is 0. The van der Waals surface area contributed by atoms with Crippen LogP contribution in [0.15, 0.2) is 91.0 Å². The first kappa shape index (κ1) is 21.2. The molecule has 4 rings (SSSR count). The highest BCUT2D eigenvalue weighted by Crippen LogP contribution is 2.20. The third kappa shape index (κ3) is 6.25. The third-order valence-electron chi connectivity index (χ3n) is 5.24. The fraction of sp³-hybridized carbons (Fsp3) is 0.269. The maximum atomic E-state index is 12.4. The Morgan fingerprint density at radius 1 is 0.645 bits per heavy atom. The van der Waals surface area contributed by atoms with E-state index in [1.807, 2.05) is 91.0 Å². The molecule has 0 unspecified atom stereocenters. The largest absolute Gasteiger partial charge is 0.624 e. The Hall–Kier alpha value is -2.99. The standard InChI is InChI=1S/C26H27NO4/c28-27-16-24(29-18-21-10-4-1-5-11-21)26(31-20-23-14-8-3-9-15-23)25(17-27)30-19-22-12-6-2-7-13-22/h1-16,24-26H,17-20H2/t24-,25-,26-/m1/s1. The molecule has 0 bridgehead atoms. The van der Waals surface area contributed by atoms with Crippen molar-refractivity contribution in [1.82, 2.24) is 0 Å². The summed E-state index contributed by atoms with van der Waals surface area (Å²) < 4.78 is 19.4. The van der Waals surface area contributed by atoms with Crippen molar-refractivity contribution in [2.45, 2.75) is 38.1 Å². The van der Waals surface area contributed by atoms with E-state index in [0.29, 0.717) is 19.8 Å². The predicted octanol–water partition coefficient (Wildman–Crippen LogP) is 4.34. The Labute approximate surface area is 183 Å². The normalized spacial score (nSPS) is 20.9. The van der Waals surface area contributed by atoms with Crippen LogP contribution in [0.4, 0.5) is 0 Å². The van der Waals surface area contributed by atoms with Gasteiger partial charge in [0.25, 0.3) is 0 Å². The lowest BCUT2D eigenvalue weighted by Crippen LogP contribution is -2.52. The zero-order valence-corrected chi connectivity index (χ0v) is 17.4. The maximum absolute atomic E-state index is 12.4. The van der Waals surface area contributed by atoms with Crippen LogP contribution < -0.4 is 0 Å². The number of ether oxygens (including phenoxy) is 3. The summed E-state index contributed by atoms with van der Waals surface area (Å²) in [6.45, 7) is 1.44. The van der Waals surface area contributed by atoms with Crippen molar-refractivity contribution in [3.8, 4) is 0 Å². The summed E-state index contributed by atoms with van der Waals surface area (Å²) in [6, 6.07) is 29.8. The molecular weight excluding hydrogens is 390 g/mol. The molecule has 3 aromatic rings. The molecule has 5 nitrogen and oxygen atoms in total. The van der Waals surface area contributed by atoms with Gasteiger partial charge in [0.2, 0.25) is 0 Å². The minimum absolute atomic E-state index is 0.206. The Kier molecular flexibility index (Phi) is 7.45. The molecular formula is C26H27NO4. The van der Waals surface area contributed by atoms with Gasteiger partial charge in [-0.15, -0.1) is 0 Å². The molecule has 0 saturated carbocycles. The quantitative estimate of drug-likeness (QED) is 0.384. The molecule has 5 heteroatoms. The fourth-order valence-corrected chi connectivity index (χ4v) is 3.60. The zero-order chi connectivity index (χ0) is 21.3. The number of nitrogens with zero attached hydrogens (tertiary/aromatic N) is 1. The van der Waals surface area contributed by atoms with Gasteiger partial charge < -0.3 is 19.4 Å². The second-order valence-corrected chi connectivity index (χ2v) is 7.61. The SMILES string of the molecule is [O-][N+]1=C[C@@H](OCc2ccccc2)[C@@H](OCc2ccccc2)[C@H](OCc2ccccc2)C1. The van der Waals surface area contributed by atoms with Gasteiger partial charge >= 0.3 is 0 Å². The lowest BCUT2D eigenvalue weighted by molar-refractivity contribution is -0.483. The van der Waals surface area contributed by atoms with E-state index in [2.05, 4.69) is 0 Å². The highest BCUT2D eigenvalue weighted by molar-refractivity contribution is 5.60. The van der Waals surface area contributed by atoms with Gasteiger partial charge in [0.1, 0.15) is 12.2 Å². The number of hydrogen-bond acceptors (Lipinski definition) is 4. The summed E-state index contributed by atoms with van der Waals surface area (Å²) in [6.07, 6.45) is 0.252. The molecule has 160 valence electrons. The molecule has 3 aromatic carbocycles. The maximum Gasteiger partial charge on any atom is 0.182 e. The van der Waals surface area contributed by atoms with Crippen LogP contribution in [0.2, 0.25) is 0 Å². The van der Waals surface area contributed by atoms with E-state index in [4.69, 9.17) is 14.2 Å². The summed E-state index contributed by atoms with van der Waals surface area (Å²) in [5, 5.41) is 12.4. The van der Waals surface area contributed by atoms with Gasteiger partial charge in [-0.1, -0.05) is 91.0 Å². The molecule has 0 amide bonds. The van der Waals surface area contributed by atoms with Crippen molar-refractivity contribution < 1.29 is 18.9 Å². The van der Waals surface area contributed by atoms with Gasteiger partial charge in [-0.3, -0.25) is 0 Å². The van der Waals surface area contributed by atoms with Gasteiger partial charge in [0, 0.05) is 0 Å².